The Balaban J connectivity index is 0.00000264. The van der Waals surface area contributed by atoms with E-state index in [9.17, 15) is 13.6 Å². The second-order valence-corrected chi connectivity index (χ2v) is 6.45. The number of alkyl halides is 2. The molecule has 0 radical (unpaired) electrons. The fraction of sp³-hybridized carbons (Fsp3) is 0.562. The topological polar surface area (TPSA) is 32.3 Å². The van der Waals surface area contributed by atoms with Crippen molar-refractivity contribution in [1.29, 1.82) is 0 Å². The minimum Gasteiger partial charge on any atom is -0.336 e. The molecule has 1 aromatic rings. The predicted octanol–water partition coefficient (Wildman–Crippen LogP) is 4.03. The first kappa shape index (κ1) is 20.2. The zero-order chi connectivity index (χ0) is 15.9. The molecule has 1 aliphatic rings. The van der Waals surface area contributed by atoms with E-state index < -0.39 is 5.76 Å². The normalized spacial score (nSPS) is 15.3. The average Bonchev–Trinajstić information content (AvgIpc) is 2.53. The molecule has 1 aromatic carbocycles. The van der Waals surface area contributed by atoms with Gasteiger partial charge in [-0.25, -0.2) is 0 Å². The van der Waals surface area contributed by atoms with Gasteiger partial charge in [-0.2, -0.15) is 8.78 Å². The highest BCUT2D eigenvalue weighted by molar-refractivity contribution is 7.99. The summed E-state index contributed by atoms with van der Waals surface area (Å²) in [5.74, 6) is -2.43. The van der Waals surface area contributed by atoms with Gasteiger partial charge in [0.1, 0.15) is 0 Å². The molecule has 0 unspecified atom stereocenters. The van der Waals surface area contributed by atoms with Crippen molar-refractivity contribution >= 4 is 30.1 Å². The summed E-state index contributed by atoms with van der Waals surface area (Å²) >= 11 is 0.499. The molecule has 1 fully saturated rings. The standard InChI is InChI=1S/C16H22F2N2OS.ClH/c1-2-11-20(13-7-9-19-10-8-13)15(21)12-3-5-14(6-4-12)22-16(17)18;/h3-6,13,16,19H,2,7-11H2,1H3;1H. The molecule has 1 aliphatic heterocycles. The van der Waals surface area contributed by atoms with E-state index >= 15 is 0 Å². The third-order valence-electron chi connectivity index (χ3n) is 3.80. The lowest BCUT2D eigenvalue weighted by atomic mass is 10.0. The van der Waals surface area contributed by atoms with E-state index in [1.54, 1.807) is 24.3 Å². The highest BCUT2D eigenvalue weighted by atomic mass is 35.5. The summed E-state index contributed by atoms with van der Waals surface area (Å²) in [7, 11) is 0. The second-order valence-electron chi connectivity index (χ2n) is 5.38. The number of nitrogens with zero attached hydrogens (tertiary/aromatic N) is 1. The van der Waals surface area contributed by atoms with Crippen LogP contribution in [0.25, 0.3) is 0 Å². The molecule has 3 nitrogen and oxygen atoms in total. The Kier molecular flexibility index (Phi) is 8.87. The third-order valence-corrected chi connectivity index (χ3v) is 4.52. The molecular formula is C16H23ClF2N2OS. The Bertz CT molecular complexity index is 481. The van der Waals surface area contributed by atoms with Crippen molar-refractivity contribution in [2.24, 2.45) is 0 Å². The van der Waals surface area contributed by atoms with Gasteiger partial charge in [-0.1, -0.05) is 18.7 Å². The molecule has 0 aliphatic carbocycles. The van der Waals surface area contributed by atoms with Gasteiger partial charge in [0.05, 0.1) is 0 Å². The Morgan fingerprint density at radius 3 is 2.43 bits per heavy atom. The van der Waals surface area contributed by atoms with Crippen LogP contribution in [0, 0.1) is 0 Å². The van der Waals surface area contributed by atoms with E-state index in [2.05, 4.69) is 12.2 Å². The van der Waals surface area contributed by atoms with Crippen LogP contribution in [0.1, 0.15) is 36.5 Å². The van der Waals surface area contributed by atoms with Crippen LogP contribution < -0.4 is 5.32 Å². The van der Waals surface area contributed by atoms with Gasteiger partial charge in [0, 0.05) is 23.0 Å². The summed E-state index contributed by atoms with van der Waals surface area (Å²) in [5.41, 5.74) is 0.575. The lowest BCUT2D eigenvalue weighted by molar-refractivity contribution is 0.0642. The zero-order valence-corrected chi connectivity index (χ0v) is 14.8. The van der Waals surface area contributed by atoms with E-state index in [1.807, 2.05) is 4.90 Å². The Morgan fingerprint density at radius 2 is 1.91 bits per heavy atom. The van der Waals surface area contributed by atoms with Gasteiger partial charge in [-0.15, -0.1) is 12.4 Å². The summed E-state index contributed by atoms with van der Waals surface area (Å²) in [4.78, 5) is 15.1. The van der Waals surface area contributed by atoms with E-state index in [0.29, 0.717) is 22.2 Å². The number of amides is 1. The van der Waals surface area contributed by atoms with Gasteiger partial charge in [0.25, 0.3) is 11.7 Å². The van der Waals surface area contributed by atoms with Crippen LogP contribution in [0.2, 0.25) is 0 Å². The molecule has 0 saturated carbocycles. The van der Waals surface area contributed by atoms with E-state index in [4.69, 9.17) is 0 Å². The fourth-order valence-corrected chi connectivity index (χ4v) is 3.25. The number of carbonyl (C=O) groups excluding carboxylic acids is 1. The number of piperidine rings is 1. The van der Waals surface area contributed by atoms with Crippen LogP contribution in [-0.4, -0.2) is 42.2 Å². The van der Waals surface area contributed by atoms with E-state index in [0.717, 1.165) is 38.9 Å². The number of halogens is 3. The van der Waals surface area contributed by atoms with Gasteiger partial charge in [0.15, 0.2) is 0 Å². The van der Waals surface area contributed by atoms with Crippen LogP contribution in [0.5, 0.6) is 0 Å². The molecule has 1 N–H and O–H groups in total. The first-order chi connectivity index (χ1) is 10.6. The monoisotopic (exact) mass is 364 g/mol. The van der Waals surface area contributed by atoms with E-state index in [-0.39, 0.29) is 24.4 Å². The van der Waals surface area contributed by atoms with Crippen molar-refractivity contribution in [3.63, 3.8) is 0 Å². The largest absolute Gasteiger partial charge is 0.336 e. The number of benzene rings is 1. The molecule has 7 heteroatoms. The molecule has 0 aromatic heterocycles. The van der Waals surface area contributed by atoms with Gasteiger partial charge in [-0.05, 0) is 56.6 Å². The van der Waals surface area contributed by atoms with Gasteiger partial charge in [-0.3, -0.25) is 4.79 Å². The summed E-state index contributed by atoms with van der Waals surface area (Å²) in [5, 5.41) is 3.30. The van der Waals surface area contributed by atoms with Crippen molar-refractivity contribution in [2.75, 3.05) is 19.6 Å². The van der Waals surface area contributed by atoms with Crippen LogP contribution in [-0.2, 0) is 0 Å². The number of hydrogen-bond acceptors (Lipinski definition) is 3. The van der Waals surface area contributed by atoms with Crippen molar-refractivity contribution < 1.29 is 13.6 Å². The first-order valence-corrected chi connectivity index (χ1v) is 8.56. The molecule has 1 heterocycles. The molecular weight excluding hydrogens is 342 g/mol. The quantitative estimate of drug-likeness (QED) is 0.773. The van der Waals surface area contributed by atoms with Crippen molar-refractivity contribution in [2.45, 2.75) is 42.9 Å². The molecule has 1 amide bonds. The van der Waals surface area contributed by atoms with Crippen molar-refractivity contribution in [3.8, 4) is 0 Å². The maximum Gasteiger partial charge on any atom is 0.288 e. The highest BCUT2D eigenvalue weighted by Gasteiger charge is 2.25. The smallest absolute Gasteiger partial charge is 0.288 e. The second kappa shape index (κ2) is 10.1. The highest BCUT2D eigenvalue weighted by Crippen LogP contribution is 2.26. The molecule has 2 rings (SSSR count). The van der Waals surface area contributed by atoms with Crippen molar-refractivity contribution in [1.82, 2.24) is 10.2 Å². The van der Waals surface area contributed by atoms with Crippen LogP contribution >= 0.6 is 24.2 Å². The SMILES string of the molecule is CCCN(C(=O)c1ccc(SC(F)F)cc1)C1CCNCC1.Cl. The van der Waals surface area contributed by atoms with Gasteiger partial charge < -0.3 is 10.2 Å². The van der Waals surface area contributed by atoms with Crippen molar-refractivity contribution in [3.05, 3.63) is 29.8 Å². The molecule has 1 saturated heterocycles. The van der Waals surface area contributed by atoms with Crippen LogP contribution in [0.3, 0.4) is 0 Å². The summed E-state index contributed by atoms with van der Waals surface area (Å²) in [6, 6.07) is 6.75. The number of rotatable bonds is 6. The van der Waals surface area contributed by atoms with Crippen LogP contribution in [0.4, 0.5) is 8.78 Å². The summed E-state index contributed by atoms with van der Waals surface area (Å²) in [6.45, 7) is 4.66. The summed E-state index contributed by atoms with van der Waals surface area (Å²) in [6.07, 6.45) is 2.84. The molecule has 0 spiro atoms. The minimum absolute atomic E-state index is 0. The lowest BCUT2D eigenvalue weighted by Crippen LogP contribution is -2.46. The molecule has 130 valence electrons. The number of carbonyl (C=O) groups is 1. The minimum atomic E-state index is -2.44. The molecule has 0 bridgehead atoms. The lowest BCUT2D eigenvalue weighted by Gasteiger charge is -2.34. The molecule has 0 atom stereocenters. The average molecular weight is 365 g/mol. The third kappa shape index (κ3) is 5.94. The number of nitrogens with one attached hydrogen (secondary N) is 1. The van der Waals surface area contributed by atoms with Gasteiger partial charge in [0.2, 0.25) is 0 Å². The van der Waals surface area contributed by atoms with Crippen LogP contribution in [0.15, 0.2) is 29.2 Å². The molecule has 23 heavy (non-hydrogen) atoms. The first-order valence-electron chi connectivity index (χ1n) is 7.68. The zero-order valence-electron chi connectivity index (χ0n) is 13.1. The number of hydrogen-bond donors (Lipinski definition) is 1. The van der Waals surface area contributed by atoms with Gasteiger partial charge >= 0.3 is 0 Å². The maximum absolute atomic E-state index is 12.7. The predicted molar refractivity (Wildman–Crippen MR) is 92.8 cm³/mol. The summed E-state index contributed by atoms with van der Waals surface area (Å²) < 4.78 is 24.7. The Labute approximate surface area is 146 Å². The Hall–Kier alpha value is -0.850. The van der Waals surface area contributed by atoms with E-state index in [1.165, 1.54) is 0 Å². The number of thioether (sulfide) groups is 1. The Morgan fingerprint density at radius 1 is 1.30 bits per heavy atom. The maximum atomic E-state index is 12.7. The fourth-order valence-electron chi connectivity index (χ4n) is 2.75.